The van der Waals surface area contributed by atoms with Crippen LogP contribution in [-0.2, 0) is 17.6 Å². The maximum absolute atomic E-state index is 10.5. The van der Waals surface area contributed by atoms with Crippen LogP contribution >= 0.6 is 22.6 Å². The number of aldehydes is 1. The molecule has 2 N–H and O–H groups in total. The van der Waals surface area contributed by atoms with E-state index in [2.05, 4.69) is 201 Å². The van der Waals surface area contributed by atoms with Crippen molar-refractivity contribution in [2.45, 2.75) is 165 Å². The quantitative estimate of drug-likeness (QED) is 0.0650. The first kappa shape index (κ1) is 59.4. The Kier molecular flexibility index (Phi) is 28.3. The Balaban J connectivity index is 0.000000339. The zero-order chi connectivity index (χ0) is 52.0. The number of aryl methyl sites for hydroxylation is 2. The summed E-state index contributed by atoms with van der Waals surface area (Å²) < 4.78 is 16.8. The van der Waals surface area contributed by atoms with Gasteiger partial charge in [-0.05, 0) is 200 Å². The van der Waals surface area contributed by atoms with Crippen molar-refractivity contribution in [2.24, 2.45) is 16.2 Å². The topological polar surface area (TPSA) is 57.5 Å². The van der Waals surface area contributed by atoms with Gasteiger partial charge in [-0.15, -0.1) is 6.58 Å². The molecule has 0 spiro atoms. The lowest BCUT2D eigenvalue weighted by Crippen LogP contribution is -2.18. The van der Waals surface area contributed by atoms with Gasteiger partial charge in [-0.25, -0.2) is 0 Å². The van der Waals surface area contributed by atoms with Gasteiger partial charge in [-0.3, -0.25) is 4.39 Å². The smallest absolute Gasteiger partial charge is 0.120 e. The molecule has 0 unspecified atom stereocenters. The molecule has 0 heterocycles. The van der Waals surface area contributed by atoms with E-state index >= 15 is 0 Å². The van der Waals surface area contributed by atoms with Crippen LogP contribution in [0.3, 0.4) is 0 Å². The van der Waals surface area contributed by atoms with E-state index in [1.165, 1.54) is 130 Å². The Morgan fingerprint density at radius 2 is 0.986 bits per heavy atom. The number of unbranched alkanes of at least 4 members (excludes halogenated alkanes) is 3. The van der Waals surface area contributed by atoms with E-state index in [4.69, 9.17) is 11.6 Å². The van der Waals surface area contributed by atoms with Crippen LogP contribution in [0.15, 0.2) is 137 Å². The van der Waals surface area contributed by atoms with Gasteiger partial charge in [0.05, 0.1) is 15.1 Å². The zero-order valence-corrected chi connectivity index (χ0v) is 46.4. The molecular weight excluding hydrogens is 963 g/mol. The molecule has 0 aromatic heterocycles. The molecule has 0 saturated carbocycles. The van der Waals surface area contributed by atoms with Gasteiger partial charge in [0.25, 0.3) is 0 Å². The maximum Gasteiger partial charge on any atom is 0.120 e. The SMILES string of the molecule is C=CCO.CC1=C(/C=C/c2cccc(CCCCCCO)c2)C(C)(C)CCC1.CC1=C(C=Cc2cccc(CCC=O)c2)C(C)(C)CCC1.CC1=C(C=Cc2cccc(I)c2)C(C)(C)CCC1.[2H]CF. The molecule has 6 rings (SSSR count). The van der Waals surface area contributed by atoms with Crippen LogP contribution in [0, 0.1) is 19.8 Å². The first-order valence-electron chi connectivity index (χ1n) is 26.3. The van der Waals surface area contributed by atoms with Crippen LogP contribution in [0.4, 0.5) is 4.39 Å². The van der Waals surface area contributed by atoms with Crippen LogP contribution < -0.4 is 0 Å². The second-order valence-corrected chi connectivity index (χ2v) is 22.1. The van der Waals surface area contributed by atoms with E-state index in [0.717, 1.165) is 32.0 Å². The van der Waals surface area contributed by atoms with Crippen LogP contribution in [0.2, 0.25) is 0 Å². The minimum Gasteiger partial charge on any atom is -0.396 e. The average molecular weight is 1050 g/mol. The van der Waals surface area contributed by atoms with Crippen molar-refractivity contribution in [1.82, 2.24) is 0 Å². The van der Waals surface area contributed by atoms with Gasteiger partial charge in [0.1, 0.15) is 6.29 Å². The fourth-order valence-electron chi connectivity index (χ4n) is 9.90. The van der Waals surface area contributed by atoms with E-state index in [1.54, 1.807) is 11.1 Å². The third kappa shape index (κ3) is 22.8. The van der Waals surface area contributed by atoms with Crippen molar-refractivity contribution in [1.29, 1.82) is 0 Å². The Morgan fingerprint density at radius 3 is 1.35 bits per heavy atom. The second kappa shape index (κ2) is 32.9. The predicted octanol–water partition coefficient (Wildman–Crippen LogP) is 18.3. The van der Waals surface area contributed by atoms with Gasteiger partial charge < -0.3 is 15.0 Å². The Bertz CT molecular complexity index is 2220. The highest BCUT2D eigenvalue weighted by Gasteiger charge is 2.28. The van der Waals surface area contributed by atoms with Crippen LogP contribution in [-0.4, -0.2) is 36.9 Å². The lowest BCUT2D eigenvalue weighted by molar-refractivity contribution is -0.107. The van der Waals surface area contributed by atoms with Crippen LogP contribution in [0.25, 0.3) is 18.2 Å². The molecule has 0 amide bonds. The van der Waals surface area contributed by atoms with Crippen molar-refractivity contribution in [3.8, 4) is 0 Å². The maximum atomic E-state index is 10.5. The second-order valence-electron chi connectivity index (χ2n) is 20.9. The van der Waals surface area contributed by atoms with Crippen molar-refractivity contribution in [2.75, 3.05) is 20.4 Å². The van der Waals surface area contributed by atoms with Crippen LogP contribution in [0.5, 0.6) is 0 Å². The number of aliphatic hydroxyl groups excluding tert-OH is 2. The largest absolute Gasteiger partial charge is 0.396 e. The van der Waals surface area contributed by atoms with Crippen molar-refractivity contribution >= 4 is 47.1 Å². The third-order valence-corrected chi connectivity index (χ3v) is 14.4. The summed E-state index contributed by atoms with van der Waals surface area (Å²) in [6.45, 7) is 24.6. The number of aliphatic hydroxyl groups is 2. The van der Waals surface area contributed by atoms with E-state index in [-0.39, 0.29) is 12.0 Å². The molecule has 0 saturated heterocycles. The monoisotopic (exact) mass is 1050 g/mol. The number of carbonyl (C=O) groups excluding carboxylic acids is 1. The Labute approximate surface area is 435 Å². The molecule has 0 aliphatic heterocycles. The zero-order valence-electron chi connectivity index (χ0n) is 45.2. The van der Waals surface area contributed by atoms with E-state index in [9.17, 15) is 9.18 Å². The van der Waals surface area contributed by atoms with E-state index < -0.39 is 7.15 Å². The molecule has 69 heavy (non-hydrogen) atoms. The minimum atomic E-state index is -1.00. The highest BCUT2D eigenvalue weighted by Crippen LogP contribution is 2.43. The molecule has 0 bridgehead atoms. The van der Waals surface area contributed by atoms with Gasteiger partial charge in [0.15, 0.2) is 0 Å². The summed E-state index contributed by atoms with van der Waals surface area (Å²) in [5.74, 6) is 0. The van der Waals surface area contributed by atoms with Crippen molar-refractivity contribution in [3.05, 3.63) is 169 Å². The number of alkyl halides is 1. The van der Waals surface area contributed by atoms with Crippen molar-refractivity contribution < 1.29 is 20.8 Å². The summed E-state index contributed by atoms with van der Waals surface area (Å²) in [6, 6.07) is 26.1. The summed E-state index contributed by atoms with van der Waals surface area (Å²) in [5.41, 5.74) is 16.6. The van der Waals surface area contributed by atoms with Crippen LogP contribution in [0.1, 0.15) is 181 Å². The molecule has 0 radical (unpaired) electrons. The van der Waals surface area contributed by atoms with E-state index in [0.29, 0.717) is 23.9 Å². The molecule has 3 aromatic carbocycles. The van der Waals surface area contributed by atoms with Gasteiger partial charge in [-0.1, -0.05) is 174 Å². The Morgan fingerprint density at radius 1 is 0.609 bits per heavy atom. The summed E-state index contributed by atoms with van der Waals surface area (Å²) in [4.78, 5) is 10.5. The first-order chi connectivity index (χ1) is 33.4. The number of allylic oxidation sites excluding steroid dienone is 9. The van der Waals surface area contributed by atoms with Gasteiger partial charge in [0.2, 0.25) is 0 Å². The van der Waals surface area contributed by atoms with E-state index in [1.807, 2.05) is 0 Å². The lowest BCUT2D eigenvalue weighted by Gasteiger charge is -2.32. The van der Waals surface area contributed by atoms with Crippen molar-refractivity contribution in [3.63, 3.8) is 0 Å². The van der Waals surface area contributed by atoms with Gasteiger partial charge in [-0.2, -0.15) is 0 Å². The Hall–Kier alpha value is -3.91. The normalized spacial score (nSPS) is 17.4. The molecule has 3 aliphatic rings. The predicted molar refractivity (Wildman–Crippen MR) is 308 cm³/mol. The minimum absolute atomic E-state index is 0.0833. The average Bonchev–Trinajstić information content (AvgIpc) is 3.31. The lowest BCUT2D eigenvalue weighted by atomic mass is 9.72. The summed E-state index contributed by atoms with van der Waals surface area (Å²) in [7, 11) is -1.00. The molecule has 3 aromatic rings. The number of hydrogen-bond donors (Lipinski definition) is 2. The summed E-state index contributed by atoms with van der Waals surface area (Å²) in [5, 5.41) is 16.6. The first-order valence-corrected chi connectivity index (χ1v) is 26.7. The molecule has 0 fully saturated rings. The molecule has 3 aliphatic carbocycles. The standard InChI is InChI=1S/C23H34O.C20H26O.C17H21I.C3H6O.CH3F/c1-19-10-9-16-23(2,3)22(19)15-14-21-13-8-12-20(18-21)11-6-4-5-7-17-24;1-16-7-5-13-20(2,3)19(16)12-11-18-9-4-8-17(15-18)10-6-14-21;1-13-6-5-11-17(2,3)16(13)10-9-14-7-4-8-15(18)12-14;1-2-3-4;1-2/h8,12-15,18,24H,4-7,9-11,16-17H2,1-3H3;4,8-9,11-12,14-15H,5-7,10,13H2,1-3H3;4,7-10,12H,5-6,11H2,1-3H3;2,4H,1,3H2;1H3/b15-14+;;;;/i;;;;1D. The fraction of sp³-hybridized carbons (Fsp3) is 0.484. The summed E-state index contributed by atoms with van der Waals surface area (Å²) in [6.07, 6.45) is 34.8. The number of carbonyl (C=O) groups is 1. The molecule has 5 heteroatoms. The fourth-order valence-corrected chi connectivity index (χ4v) is 10.5. The number of benzene rings is 3. The summed E-state index contributed by atoms with van der Waals surface area (Å²) >= 11 is 2.36. The van der Waals surface area contributed by atoms with Gasteiger partial charge in [0, 0.05) is 16.6 Å². The highest BCUT2D eigenvalue weighted by atomic mass is 127. The molecular formula is C64H90FIO3. The molecule has 378 valence electrons. The third-order valence-electron chi connectivity index (χ3n) is 13.8. The van der Waals surface area contributed by atoms with Gasteiger partial charge >= 0.3 is 0 Å². The number of rotatable bonds is 16. The molecule has 0 atom stereocenters. The molecule has 3 nitrogen and oxygen atoms in total. The number of halogens is 2. The highest BCUT2D eigenvalue weighted by molar-refractivity contribution is 14.1. The number of hydrogen-bond acceptors (Lipinski definition) is 3.